The van der Waals surface area contributed by atoms with E-state index in [1.54, 1.807) is 38.3 Å². The van der Waals surface area contributed by atoms with Crippen molar-refractivity contribution in [2.24, 2.45) is 5.73 Å². The summed E-state index contributed by atoms with van der Waals surface area (Å²) in [6.45, 7) is 1.54. The number of primary amides is 1. The van der Waals surface area contributed by atoms with E-state index in [9.17, 15) is 9.59 Å². The molecule has 0 bridgehead atoms. The maximum absolute atomic E-state index is 12.6. The van der Waals surface area contributed by atoms with Gasteiger partial charge in [0.25, 0.3) is 5.91 Å². The molecular formula is C19H17NO5. The maximum atomic E-state index is 12.6. The molecule has 2 N–H and O–H groups in total. The Kier molecular flexibility index (Phi) is 4.43. The number of benzene rings is 2. The second-order valence-corrected chi connectivity index (χ2v) is 5.55. The molecule has 1 heterocycles. The number of hydrogen-bond donors (Lipinski definition) is 1. The molecular weight excluding hydrogens is 322 g/mol. The Labute approximate surface area is 144 Å². The lowest BCUT2D eigenvalue weighted by Crippen LogP contribution is -2.20. The molecule has 2 aromatic rings. The summed E-state index contributed by atoms with van der Waals surface area (Å²) >= 11 is 0. The topological polar surface area (TPSA) is 87.8 Å². The van der Waals surface area contributed by atoms with Gasteiger partial charge in [0.05, 0.1) is 12.7 Å². The van der Waals surface area contributed by atoms with Gasteiger partial charge in [0, 0.05) is 11.6 Å². The molecule has 1 amide bonds. The number of hydrogen-bond acceptors (Lipinski definition) is 5. The minimum absolute atomic E-state index is 0.203. The quantitative estimate of drug-likeness (QED) is 0.846. The summed E-state index contributed by atoms with van der Waals surface area (Å²) in [6, 6.07) is 10.6. The molecule has 0 fully saturated rings. The molecule has 0 atom stereocenters. The van der Waals surface area contributed by atoms with Crippen LogP contribution in [-0.4, -0.2) is 25.4 Å². The van der Waals surface area contributed by atoms with Gasteiger partial charge in [-0.2, -0.15) is 0 Å². The second-order valence-electron chi connectivity index (χ2n) is 5.55. The van der Waals surface area contributed by atoms with Gasteiger partial charge < -0.3 is 19.9 Å². The van der Waals surface area contributed by atoms with Gasteiger partial charge in [0.15, 0.2) is 12.4 Å². The Morgan fingerprint density at radius 2 is 2.04 bits per heavy atom. The Balaban J connectivity index is 1.94. The summed E-state index contributed by atoms with van der Waals surface area (Å²) < 4.78 is 16.3. The molecule has 6 nitrogen and oxygen atoms in total. The first-order valence-electron chi connectivity index (χ1n) is 7.62. The molecule has 0 saturated heterocycles. The fraction of sp³-hybridized carbons (Fsp3) is 0.158. The van der Waals surface area contributed by atoms with Gasteiger partial charge in [-0.15, -0.1) is 0 Å². The highest BCUT2D eigenvalue weighted by atomic mass is 16.5. The summed E-state index contributed by atoms with van der Waals surface area (Å²) in [5.41, 5.74) is 7.00. The van der Waals surface area contributed by atoms with Crippen LogP contribution in [0.3, 0.4) is 0 Å². The lowest BCUT2D eigenvalue weighted by Gasteiger charge is -2.07. The van der Waals surface area contributed by atoms with Gasteiger partial charge in [0.2, 0.25) is 5.78 Å². The number of carbonyl (C=O) groups excluding carboxylic acids is 2. The summed E-state index contributed by atoms with van der Waals surface area (Å²) in [5.74, 6) is 0.873. The number of aryl methyl sites for hydroxylation is 1. The summed E-state index contributed by atoms with van der Waals surface area (Å²) in [7, 11) is 1.57. The highest BCUT2D eigenvalue weighted by Gasteiger charge is 2.30. The van der Waals surface area contributed by atoms with Crippen LogP contribution in [0.25, 0.3) is 6.08 Å². The van der Waals surface area contributed by atoms with Crippen molar-refractivity contribution in [3.05, 3.63) is 58.8 Å². The highest BCUT2D eigenvalue weighted by molar-refractivity contribution is 6.15. The summed E-state index contributed by atoms with van der Waals surface area (Å²) in [4.78, 5) is 23.5. The van der Waals surface area contributed by atoms with Crippen LogP contribution < -0.4 is 19.9 Å². The second kappa shape index (κ2) is 6.68. The van der Waals surface area contributed by atoms with Crippen molar-refractivity contribution in [1.29, 1.82) is 0 Å². The molecule has 25 heavy (non-hydrogen) atoms. The molecule has 6 heteroatoms. The predicted octanol–water partition coefficient (Wildman–Crippen LogP) is 2.48. The zero-order valence-electron chi connectivity index (χ0n) is 13.9. The average molecular weight is 339 g/mol. The van der Waals surface area contributed by atoms with E-state index in [0.717, 1.165) is 5.56 Å². The van der Waals surface area contributed by atoms with Crippen molar-refractivity contribution in [3.8, 4) is 17.2 Å². The Morgan fingerprint density at radius 1 is 1.28 bits per heavy atom. The van der Waals surface area contributed by atoms with Crippen molar-refractivity contribution in [2.45, 2.75) is 6.92 Å². The van der Waals surface area contributed by atoms with Crippen LogP contribution in [0.15, 0.2) is 42.2 Å². The highest BCUT2D eigenvalue weighted by Crippen LogP contribution is 2.38. The van der Waals surface area contributed by atoms with Crippen LogP contribution in [0, 0.1) is 6.92 Å². The van der Waals surface area contributed by atoms with Crippen LogP contribution in [-0.2, 0) is 4.79 Å². The first kappa shape index (κ1) is 16.6. The number of ether oxygens (including phenoxy) is 3. The molecule has 0 spiro atoms. The molecule has 3 rings (SSSR count). The molecule has 128 valence electrons. The van der Waals surface area contributed by atoms with Gasteiger partial charge in [-0.25, -0.2) is 0 Å². The van der Waals surface area contributed by atoms with Crippen molar-refractivity contribution < 1.29 is 23.8 Å². The fourth-order valence-corrected chi connectivity index (χ4v) is 2.64. The number of carbonyl (C=O) groups is 2. The summed E-state index contributed by atoms with van der Waals surface area (Å²) in [6.07, 6.45) is 1.64. The van der Waals surface area contributed by atoms with Crippen molar-refractivity contribution in [1.82, 2.24) is 0 Å². The standard InChI is InChI=1S/C19H17NO5/c1-11-7-13(24-10-17(20)21)9-15-18(11)19(22)16(25-15)8-12-5-3-4-6-14(12)23-2/h3-9H,10H2,1-2H3,(H2,20,21)/b16-8-. The van der Waals surface area contributed by atoms with E-state index in [1.807, 2.05) is 18.2 Å². The van der Waals surface area contributed by atoms with Crippen molar-refractivity contribution in [2.75, 3.05) is 13.7 Å². The van der Waals surface area contributed by atoms with Gasteiger partial charge >= 0.3 is 0 Å². The first-order valence-corrected chi connectivity index (χ1v) is 7.62. The Hall–Kier alpha value is -3.28. The van der Waals surface area contributed by atoms with E-state index in [1.165, 1.54) is 0 Å². The molecule has 0 radical (unpaired) electrons. The number of para-hydroxylation sites is 1. The molecule has 0 saturated carbocycles. The fourth-order valence-electron chi connectivity index (χ4n) is 2.64. The van der Waals surface area contributed by atoms with Gasteiger partial charge in [0.1, 0.15) is 17.2 Å². The van der Waals surface area contributed by atoms with Gasteiger partial charge in [-0.05, 0) is 30.7 Å². The summed E-state index contributed by atoms with van der Waals surface area (Å²) in [5, 5.41) is 0. The first-order chi connectivity index (χ1) is 12.0. The van der Waals surface area contributed by atoms with E-state index in [4.69, 9.17) is 19.9 Å². The number of ketones is 1. The Bertz CT molecular complexity index is 885. The van der Waals surface area contributed by atoms with Crippen LogP contribution in [0.2, 0.25) is 0 Å². The van der Waals surface area contributed by atoms with E-state index in [2.05, 4.69) is 0 Å². The van der Waals surface area contributed by atoms with Gasteiger partial charge in [-0.1, -0.05) is 18.2 Å². The molecule has 1 aliphatic heterocycles. The molecule has 1 aliphatic rings. The number of amides is 1. The monoisotopic (exact) mass is 339 g/mol. The minimum atomic E-state index is -0.577. The third-order valence-corrected chi connectivity index (χ3v) is 3.75. The van der Waals surface area contributed by atoms with Crippen LogP contribution >= 0.6 is 0 Å². The molecule has 0 unspecified atom stereocenters. The smallest absolute Gasteiger partial charge is 0.255 e. The number of Topliss-reactive ketones (excluding diaryl/α,β-unsaturated/α-hetero) is 1. The van der Waals surface area contributed by atoms with E-state index < -0.39 is 5.91 Å². The lowest BCUT2D eigenvalue weighted by atomic mass is 10.0. The third kappa shape index (κ3) is 3.33. The van der Waals surface area contributed by atoms with Crippen molar-refractivity contribution >= 4 is 17.8 Å². The van der Waals surface area contributed by atoms with Gasteiger partial charge in [-0.3, -0.25) is 9.59 Å². The molecule has 2 aromatic carbocycles. The van der Waals surface area contributed by atoms with Crippen LogP contribution in [0.4, 0.5) is 0 Å². The predicted molar refractivity (Wildman–Crippen MR) is 91.8 cm³/mol. The lowest BCUT2D eigenvalue weighted by molar-refractivity contribution is -0.119. The molecule has 0 aliphatic carbocycles. The SMILES string of the molecule is COc1ccccc1/C=C1\Oc2cc(OCC(N)=O)cc(C)c2C1=O. The van der Waals surface area contributed by atoms with Crippen molar-refractivity contribution in [3.63, 3.8) is 0 Å². The van der Waals surface area contributed by atoms with Crippen LogP contribution in [0.5, 0.6) is 17.2 Å². The number of methoxy groups -OCH3 is 1. The third-order valence-electron chi connectivity index (χ3n) is 3.75. The minimum Gasteiger partial charge on any atom is -0.496 e. The number of allylic oxidation sites excluding steroid dienone is 1. The average Bonchev–Trinajstić information content (AvgIpc) is 2.89. The zero-order valence-corrected chi connectivity index (χ0v) is 13.9. The number of nitrogens with two attached hydrogens (primary N) is 1. The molecule has 0 aromatic heterocycles. The Morgan fingerprint density at radius 3 is 2.76 bits per heavy atom. The number of fused-ring (bicyclic) bond motifs is 1. The largest absolute Gasteiger partial charge is 0.496 e. The zero-order chi connectivity index (χ0) is 18.0. The maximum Gasteiger partial charge on any atom is 0.255 e. The van der Waals surface area contributed by atoms with E-state index in [0.29, 0.717) is 28.4 Å². The van der Waals surface area contributed by atoms with E-state index in [-0.39, 0.29) is 18.1 Å². The normalized spacial score (nSPS) is 14.2. The van der Waals surface area contributed by atoms with Crippen LogP contribution in [0.1, 0.15) is 21.5 Å². The van der Waals surface area contributed by atoms with E-state index >= 15 is 0 Å². The number of rotatable bonds is 5.